The Morgan fingerprint density at radius 1 is 1.07 bits per heavy atom. The highest BCUT2D eigenvalue weighted by molar-refractivity contribution is 5.88. The van der Waals surface area contributed by atoms with Gasteiger partial charge in [0.25, 0.3) is 0 Å². The molecule has 4 heteroatoms. The van der Waals surface area contributed by atoms with Gasteiger partial charge in [-0.15, -0.1) is 0 Å². The quantitative estimate of drug-likeness (QED) is 0.695. The van der Waals surface area contributed by atoms with Gasteiger partial charge in [-0.3, -0.25) is 9.59 Å². The first-order valence-electron chi connectivity index (χ1n) is 10.9. The number of amides is 2. The second kappa shape index (κ2) is 10.8. The molecule has 1 fully saturated rings. The van der Waals surface area contributed by atoms with Crippen LogP contribution in [0, 0.1) is 5.92 Å². The van der Waals surface area contributed by atoms with Gasteiger partial charge >= 0.3 is 0 Å². The summed E-state index contributed by atoms with van der Waals surface area (Å²) in [4.78, 5) is 24.7. The minimum Gasteiger partial charge on any atom is -0.354 e. The molecule has 0 saturated carbocycles. The van der Waals surface area contributed by atoms with Gasteiger partial charge in [0.15, 0.2) is 0 Å². The maximum Gasteiger partial charge on any atom is 0.242 e. The van der Waals surface area contributed by atoms with Crippen LogP contribution in [0.4, 0.5) is 0 Å². The van der Waals surface area contributed by atoms with E-state index in [1.54, 1.807) is 0 Å². The first-order valence-corrected chi connectivity index (χ1v) is 10.9. The smallest absolute Gasteiger partial charge is 0.242 e. The van der Waals surface area contributed by atoms with Crippen LogP contribution >= 0.6 is 0 Å². The summed E-state index contributed by atoms with van der Waals surface area (Å²) < 4.78 is 0. The Morgan fingerprint density at radius 2 is 1.79 bits per heavy atom. The van der Waals surface area contributed by atoms with Crippen molar-refractivity contribution in [3.05, 3.63) is 60.2 Å². The molecule has 2 aromatic rings. The summed E-state index contributed by atoms with van der Waals surface area (Å²) in [6.45, 7) is 2.76. The monoisotopic (exact) mass is 392 g/mol. The lowest BCUT2D eigenvalue weighted by Crippen LogP contribution is -2.47. The van der Waals surface area contributed by atoms with Crippen molar-refractivity contribution in [1.29, 1.82) is 0 Å². The highest BCUT2D eigenvalue weighted by atomic mass is 16.2. The maximum absolute atomic E-state index is 12.7. The molecule has 2 atom stereocenters. The molecule has 1 aliphatic heterocycles. The first-order chi connectivity index (χ1) is 14.2. The maximum atomic E-state index is 12.7. The molecule has 154 valence electrons. The van der Waals surface area contributed by atoms with Crippen LogP contribution in [0.3, 0.4) is 0 Å². The zero-order valence-electron chi connectivity index (χ0n) is 17.3. The van der Waals surface area contributed by atoms with E-state index in [9.17, 15) is 9.59 Å². The fourth-order valence-corrected chi connectivity index (χ4v) is 3.93. The summed E-state index contributed by atoms with van der Waals surface area (Å²) in [5.74, 6) is -0.0483. The average Bonchev–Trinajstić information content (AvgIpc) is 2.96. The van der Waals surface area contributed by atoms with Gasteiger partial charge in [-0.2, -0.15) is 0 Å². The van der Waals surface area contributed by atoms with E-state index in [1.807, 2.05) is 13.0 Å². The Balaban J connectivity index is 1.47. The van der Waals surface area contributed by atoms with E-state index >= 15 is 0 Å². The van der Waals surface area contributed by atoms with E-state index in [2.05, 4.69) is 59.2 Å². The molecular weight excluding hydrogens is 360 g/mol. The van der Waals surface area contributed by atoms with E-state index in [0.717, 1.165) is 44.9 Å². The Labute approximate surface area is 174 Å². The molecule has 1 heterocycles. The zero-order valence-corrected chi connectivity index (χ0v) is 17.3. The molecular formula is C25H32N2O2. The van der Waals surface area contributed by atoms with Crippen LogP contribution in [0.15, 0.2) is 54.6 Å². The second-order valence-corrected chi connectivity index (χ2v) is 7.91. The van der Waals surface area contributed by atoms with Crippen LogP contribution in [0.5, 0.6) is 0 Å². The molecule has 1 aliphatic rings. The Bertz CT molecular complexity index is 786. The number of rotatable bonds is 8. The number of hydrogen-bond acceptors (Lipinski definition) is 2. The van der Waals surface area contributed by atoms with Crippen molar-refractivity contribution in [2.24, 2.45) is 5.92 Å². The lowest BCUT2D eigenvalue weighted by molar-refractivity contribution is -0.131. The van der Waals surface area contributed by atoms with Gasteiger partial charge in [0.2, 0.25) is 11.8 Å². The molecule has 1 saturated heterocycles. The number of aryl methyl sites for hydroxylation is 1. The number of carbonyl (C=O) groups is 2. The van der Waals surface area contributed by atoms with Gasteiger partial charge in [0, 0.05) is 12.5 Å². The number of benzene rings is 2. The van der Waals surface area contributed by atoms with Crippen LogP contribution in [0.1, 0.15) is 51.0 Å². The predicted molar refractivity (Wildman–Crippen MR) is 117 cm³/mol. The van der Waals surface area contributed by atoms with Gasteiger partial charge in [-0.1, -0.05) is 61.5 Å². The molecule has 4 nitrogen and oxygen atoms in total. The fraction of sp³-hybridized carbons (Fsp3) is 0.440. The third kappa shape index (κ3) is 6.18. The van der Waals surface area contributed by atoms with Crippen molar-refractivity contribution in [3.63, 3.8) is 0 Å². The molecule has 0 aromatic heterocycles. The molecule has 0 spiro atoms. The van der Waals surface area contributed by atoms with Crippen molar-refractivity contribution in [1.82, 2.24) is 10.6 Å². The van der Waals surface area contributed by atoms with E-state index in [4.69, 9.17) is 0 Å². The lowest BCUT2D eigenvalue weighted by Gasteiger charge is -2.20. The van der Waals surface area contributed by atoms with E-state index in [1.165, 1.54) is 16.7 Å². The highest BCUT2D eigenvalue weighted by Gasteiger charge is 2.25. The summed E-state index contributed by atoms with van der Waals surface area (Å²) in [6.07, 6.45) is 6.26. The summed E-state index contributed by atoms with van der Waals surface area (Å²) in [7, 11) is 0. The molecule has 3 rings (SSSR count). The van der Waals surface area contributed by atoms with Crippen molar-refractivity contribution < 1.29 is 9.59 Å². The van der Waals surface area contributed by atoms with Crippen molar-refractivity contribution in [2.45, 2.75) is 57.9 Å². The first kappa shape index (κ1) is 21.1. The van der Waals surface area contributed by atoms with E-state index in [0.29, 0.717) is 6.54 Å². The van der Waals surface area contributed by atoms with Gasteiger partial charge in [0.05, 0.1) is 0 Å². The van der Waals surface area contributed by atoms with Crippen LogP contribution in [-0.4, -0.2) is 24.4 Å². The fourth-order valence-electron chi connectivity index (χ4n) is 3.93. The minimum absolute atomic E-state index is 0.0222. The van der Waals surface area contributed by atoms with Crippen molar-refractivity contribution in [3.8, 4) is 11.1 Å². The van der Waals surface area contributed by atoms with Crippen LogP contribution in [0.2, 0.25) is 0 Å². The van der Waals surface area contributed by atoms with Crippen LogP contribution < -0.4 is 10.6 Å². The molecule has 2 amide bonds. The third-order valence-corrected chi connectivity index (χ3v) is 5.79. The third-order valence-electron chi connectivity index (χ3n) is 5.79. The molecule has 0 aliphatic carbocycles. The zero-order chi connectivity index (χ0) is 20.5. The number of nitrogens with one attached hydrogen (secondary N) is 2. The average molecular weight is 393 g/mol. The molecule has 2 aromatic carbocycles. The van der Waals surface area contributed by atoms with Crippen molar-refractivity contribution in [2.75, 3.05) is 6.54 Å². The molecule has 0 radical (unpaired) electrons. The summed E-state index contributed by atoms with van der Waals surface area (Å²) in [5, 5.41) is 5.87. The SMILES string of the molecule is CC[C@H](CCCc1ccc(-c2ccccc2)cc1)C(=O)N[C@H]1CCCCNC1=O. The second-order valence-electron chi connectivity index (χ2n) is 7.91. The van der Waals surface area contributed by atoms with Crippen LogP contribution in [-0.2, 0) is 16.0 Å². The van der Waals surface area contributed by atoms with Gasteiger partial charge in [0.1, 0.15) is 6.04 Å². The lowest BCUT2D eigenvalue weighted by atomic mass is 9.95. The standard InChI is InChI=1S/C25H32N2O2/c1-2-20(24(28)27-23-13-6-7-18-26-25(23)29)12-8-9-19-14-16-22(17-15-19)21-10-4-3-5-11-21/h3-5,10-11,14-17,20,23H,2,6-9,12-13,18H2,1H3,(H,26,29)(H,27,28)/t20-,23+/m1/s1. The largest absolute Gasteiger partial charge is 0.354 e. The summed E-state index contributed by atoms with van der Waals surface area (Å²) >= 11 is 0. The van der Waals surface area contributed by atoms with E-state index < -0.39 is 0 Å². The molecule has 0 bridgehead atoms. The Kier molecular flexibility index (Phi) is 7.85. The topological polar surface area (TPSA) is 58.2 Å². The Hall–Kier alpha value is -2.62. The van der Waals surface area contributed by atoms with Crippen LogP contribution in [0.25, 0.3) is 11.1 Å². The molecule has 2 N–H and O–H groups in total. The van der Waals surface area contributed by atoms with E-state index in [-0.39, 0.29) is 23.8 Å². The number of carbonyl (C=O) groups excluding carboxylic acids is 2. The van der Waals surface area contributed by atoms with Crippen molar-refractivity contribution >= 4 is 11.8 Å². The summed E-state index contributed by atoms with van der Waals surface area (Å²) in [5.41, 5.74) is 3.74. The molecule has 29 heavy (non-hydrogen) atoms. The predicted octanol–water partition coefficient (Wildman–Crippen LogP) is 4.49. The highest BCUT2D eigenvalue weighted by Crippen LogP contribution is 2.21. The minimum atomic E-state index is -0.371. The summed E-state index contributed by atoms with van der Waals surface area (Å²) in [6, 6.07) is 18.7. The Morgan fingerprint density at radius 3 is 2.52 bits per heavy atom. The van der Waals surface area contributed by atoms with Gasteiger partial charge in [-0.05, 0) is 61.6 Å². The number of hydrogen-bond donors (Lipinski definition) is 2. The molecule has 0 unspecified atom stereocenters. The van der Waals surface area contributed by atoms with Gasteiger partial charge < -0.3 is 10.6 Å². The van der Waals surface area contributed by atoms with Gasteiger partial charge in [-0.25, -0.2) is 0 Å². The normalized spacial score (nSPS) is 17.8.